The number of nitrogens with zero attached hydrogens (tertiary/aromatic N) is 1. The highest BCUT2D eigenvalue weighted by atomic mass is 16.5. The lowest BCUT2D eigenvalue weighted by Crippen LogP contribution is -2.33. The number of carbonyl (C=O) groups excluding carboxylic acids is 1. The van der Waals surface area contributed by atoms with Crippen LogP contribution in [0.25, 0.3) is 10.9 Å². The van der Waals surface area contributed by atoms with Gasteiger partial charge >= 0.3 is 0 Å². The highest BCUT2D eigenvalue weighted by Crippen LogP contribution is 2.30. The molecule has 0 radical (unpaired) electrons. The summed E-state index contributed by atoms with van der Waals surface area (Å²) in [6.07, 6.45) is 0. The van der Waals surface area contributed by atoms with E-state index in [1.807, 2.05) is 42.5 Å². The number of anilines is 1. The number of benzene rings is 3. The minimum atomic E-state index is -0.268. The summed E-state index contributed by atoms with van der Waals surface area (Å²) < 4.78 is 10.8. The van der Waals surface area contributed by atoms with Crippen molar-refractivity contribution in [3.8, 4) is 11.5 Å². The van der Waals surface area contributed by atoms with Crippen molar-refractivity contribution in [3.63, 3.8) is 0 Å². The first-order chi connectivity index (χ1) is 15.1. The molecule has 0 aliphatic heterocycles. The van der Waals surface area contributed by atoms with E-state index in [9.17, 15) is 9.59 Å². The molecule has 156 valence electrons. The third-order valence-electron chi connectivity index (χ3n) is 5.10. The van der Waals surface area contributed by atoms with E-state index >= 15 is 0 Å². The summed E-state index contributed by atoms with van der Waals surface area (Å²) in [6, 6.07) is 23.5. The number of aromatic nitrogens is 1. The average Bonchev–Trinajstić information content (AvgIpc) is 2.82. The number of ether oxygens (including phenoxy) is 2. The van der Waals surface area contributed by atoms with Gasteiger partial charge < -0.3 is 19.4 Å². The summed E-state index contributed by atoms with van der Waals surface area (Å²) in [7, 11) is 3.10. The smallest absolute Gasteiger partial charge is 0.258 e. The van der Waals surface area contributed by atoms with Crippen LogP contribution in [0.2, 0.25) is 0 Å². The fraction of sp³-hybridized carbons (Fsp3) is 0.120. The van der Waals surface area contributed by atoms with Crippen molar-refractivity contribution >= 4 is 22.5 Å². The summed E-state index contributed by atoms with van der Waals surface area (Å²) >= 11 is 0. The monoisotopic (exact) mass is 414 g/mol. The van der Waals surface area contributed by atoms with Crippen LogP contribution in [0.5, 0.6) is 11.5 Å². The summed E-state index contributed by atoms with van der Waals surface area (Å²) in [5.74, 6) is 0.848. The second-order valence-corrected chi connectivity index (χ2v) is 7.01. The number of para-hydroxylation sites is 3. The Balaban J connectivity index is 1.82. The molecule has 0 saturated carbocycles. The van der Waals surface area contributed by atoms with Crippen LogP contribution in [-0.4, -0.2) is 25.1 Å². The van der Waals surface area contributed by atoms with Gasteiger partial charge in [0.15, 0.2) is 0 Å². The Morgan fingerprint density at radius 3 is 2.48 bits per heavy atom. The van der Waals surface area contributed by atoms with Gasteiger partial charge in [-0.05, 0) is 47.9 Å². The largest absolute Gasteiger partial charge is 0.497 e. The molecule has 0 fully saturated rings. The molecule has 0 atom stereocenters. The van der Waals surface area contributed by atoms with Crippen LogP contribution in [0.1, 0.15) is 15.9 Å². The summed E-state index contributed by atoms with van der Waals surface area (Å²) in [4.78, 5) is 30.8. The number of pyridine rings is 1. The molecule has 0 bridgehead atoms. The van der Waals surface area contributed by atoms with E-state index in [2.05, 4.69) is 4.98 Å². The Bertz CT molecular complexity index is 1300. The first kappa shape index (κ1) is 20.2. The molecule has 0 aliphatic rings. The number of hydrogen-bond donors (Lipinski definition) is 1. The Labute approximate surface area is 179 Å². The maximum atomic E-state index is 13.6. The normalized spacial score (nSPS) is 10.6. The molecule has 4 aromatic rings. The third kappa shape index (κ3) is 4.14. The first-order valence-corrected chi connectivity index (χ1v) is 9.80. The maximum absolute atomic E-state index is 13.6. The number of hydrogen-bond acceptors (Lipinski definition) is 4. The summed E-state index contributed by atoms with van der Waals surface area (Å²) in [6.45, 7) is 0.0799. The molecule has 6 nitrogen and oxygen atoms in total. The quantitative estimate of drug-likeness (QED) is 0.508. The average molecular weight is 414 g/mol. The zero-order valence-electron chi connectivity index (χ0n) is 17.3. The Morgan fingerprint density at radius 1 is 0.903 bits per heavy atom. The number of H-pyrrole nitrogens is 1. The van der Waals surface area contributed by atoms with Crippen LogP contribution in [0.3, 0.4) is 0 Å². The van der Waals surface area contributed by atoms with E-state index in [1.54, 1.807) is 55.5 Å². The van der Waals surface area contributed by atoms with Crippen LogP contribution in [-0.2, 0) is 6.54 Å². The maximum Gasteiger partial charge on any atom is 0.258 e. The van der Waals surface area contributed by atoms with Crippen LogP contribution in [0, 0.1) is 0 Å². The van der Waals surface area contributed by atoms with Gasteiger partial charge in [-0.2, -0.15) is 0 Å². The fourth-order valence-electron chi connectivity index (χ4n) is 3.51. The molecule has 0 aliphatic carbocycles. The minimum absolute atomic E-state index is 0.0799. The number of methoxy groups -OCH3 is 2. The molecule has 31 heavy (non-hydrogen) atoms. The van der Waals surface area contributed by atoms with Gasteiger partial charge in [-0.15, -0.1) is 0 Å². The predicted octanol–water partition coefficient (Wildman–Crippen LogP) is 4.39. The van der Waals surface area contributed by atoms with E-state index < -0.39 is 0 Å². The van der Waals surface area contributed by atoms with Crippen molar-refractivity contribution < 1.29 is 14.3 Å². The SMILES string of the molecule is COc1cccc(C(=O)N(Cc2cc3ccccc3[nH]c2=O)c2ccccc2OC)c1. The number of carbonyl (C=O) groups is 1. The topological polar surface area (TPSA) is 71.6 Å². The van der Waals surface area contributed by atoms with E-state index in [-0.39, 0.29) is 18.0 Å². The van der Waals surface area contributed by atoms with Gasteiger partial charge in [0.05, 0.1) is 26.5 Å². The van der Waals surface area contributed by atoms with Gasteiger partial charge in [0.2, 0.25) is 0 Å². The van der Waals surface area contributed by atoms with E-state index in [0.29, 0.717) is 28.3 Å². The van der Waals surface area contributed by atoms with E-state index in [4.69, 9.17) is 9.47 Å². The van der Waals surface area contributed by atoms with Crippen molar-refractivity contribution in [1.29, 1.82) is 0 Å². The molecule has 0 unspecified atom stereocenters. The lowest BCUT2D eigenvalue weighted by atomic mass is 10.1. The van der Waals surface area contributed by atoms with Gasteiger partial charge in [-0.25, -0.2) is 0 Å². The van der Waals surface area contributed by atoms with Crippen molar-refractivity contribution in [3.05, 3.63) is 100 Å². The van der Waals surface area contributed by atoms with Gasteiger partial charge in [0.25, 0.3) is 11.5 Å². The van der Waals surface area contributed by atoms with Gasteiger partial charge in [0.1, 0.15) is 11.5 Å². The third-order valence-corrected chi connectivity index (χ3v) is 5.10. The number of rotatable bonds is 6. The molecule has 6 heteroatoms. The van der Waals surface area contributed by atoms with Gasteiger partial charge in [0, 0.05) is 16.6 Å². The van der Waals surface area contributed by atoms with Crippen molar-refractivity contribution in [2.45, 2.75) is 6.54 Å². The predicted molar refractivity (Wildman–Crippen MR) is 121 cm³/mol. The number of amides is 1. The van der Waals surface area contributed by atoms with E-state index in [0.717, 1.165) is 10.9 Å². The molecule has 1 aromatic heterocycles. The lowest BCUT2D eigenvalue weighted by Gasteiger charge is -2.25. The first-order valence-electron chi connectivity index (χ1n) is 9.80. The van der Waals surface area contributed by atoms with Gasteiger partial charge in [-0.1, -0.05) is 36.4 Å². The van der Waals surface area contributed by atoms with Crippen LogP contribution in [0.4, 0.5) is 5.69 Å². The molecule has 0 spiro atoms. The molecule has 1 amide bonds. The highest BCUT2D eigenvalue weighted by Gasteiger charge is 2.23. The molecule has 1 N–H and O–H groups in total. The zero-order valence-corrected chi connectivity index (χ0v) is 17.3. The molecule has 0 saturated heterocycles. The molecule has 1 heterocycles. The van der Waals surface area contributed by atoms with Crippen molar-refractivity contribution in [2.75, 3.05) is 19.1 Å². The Morgan fingerprint density at radius 2 is 1.68 bits per heavy atom. The standard InChI is InChI=1S/C25H22N2O4/c1-30-20-10-7-9-18(15-20)25(29)27(22-12-5-6-13-23(22)31-2)16-19-14-17-8-3-4-11-21(17)26-24(19)28/h3-15H,16H2,1-2H3,(H,26,28). The van der Waals surface area contributed by atoms with Crippen LogP contribution >= 0.6 is 0 Å². The summed E-state index contributed by atoms with van der Waals surface area (Å²) in [5.41, 5.74) is 2.00. The van der Waals surface area contributed by atoms with Crippen molar-refractivity contribution in [1.82, 2.24) is 4.98 Å². The molecular weight excluding hydrogens is 392 g/mol. The number of fused-ring (bicyclic) bond motifs is 1. The molecule has 3 aromatic carbocycles. The summed E-state index contributed by atoms with van der Waals surface area (Å²) in [5, 5.41) is 0.894. The Kier molecular flexibility index (Phi) is 5.71. The second-order valence-electron chi connectivity index (χ2n) is 7.01. The number of nitrogens with one attached hydrogen (secondary N) is 1. The van der Waals surface area contributed by atoms with Gasteiger partial charge in [-0.3, -0.25) is 9.59 Å². The second kappa shape index (κ2) is 8.75. The molecule has 4 rings (SSSR count). The van der Waals surface area contributed by atoms with E-state index in [1.165, 1.54) is 0 Å². The zero-order chi connectivity index (χ0) is 21.8. The van der Waals surface area contributed by atoms with Crippen LogP contribution in [0.15, 0.2) is 83.7 Å². The number of aromatic amines is 1. The fourth-order valence-corrected chi connectivity index (χ4v) is 3.51. The van der Waals surface area contributed by atoms with Crippen LogP contribution < -0.4 is 19.9 Å². The van der Waals surface area contributed by atoms with Crippen molar-refractivity contribution in [2.24, 2.45) is 0 Å². The lowest BCUT2D eigenvalue weighted by molar-refractivity contribution is 0.0984. The minimum Gasteiger partial charge on any atom is -0.497 e. The molecular formula is C25H22N2O4. The Hall–Kier alpha value is -4.06. The highest BCUT2D eigenvalue weighted by molar-refractivity contribution is 6.07.